The second kappa shape index (κ2) is 7.94. The maximum Gasteiger partial charge on any atom is 0.195 e. The van der Waals surface area contributed by atoms with Crippen molar-refractivity contribution in [1.29, 1.82) is 5.26 Å². The zero-order valence-corrected chi connectivity index (χ0v) is 19.4. The smallest absolute Gasteiger partial charge is 0.195 e. The Labute approximate surface area is 197 Å². The highest BCUT2D eigenvalue weighted by molar-refractivity contribution is 6.20. The van der Waals surface area contributed by atoms with Gasteiger partial charge in [-0.2, -0.15) is 10.4 Å². The molecule has 34 heavy (non-hydrogen) atoms. The van der Waals surface area contributed by atoms with Crippen LogP contribution in [0.1, 0.15) is 59.1 Å². The van der Waals surface area contributed by atoms with E-state index in [0.717, 1.165) is 45.3 Å². The van der Waals surface area contributed by atoms with Crippen molar-refractivity contribution in [2.24, 2.45) is 0 Å². The van der Waals surface area contributed by atoms with Gasteiger partial charge in [0.2, 0.25) is 0 Å². The van der Waals surface area contributed by atoms with Gasteiger partial charge in [0.15, 0.2) is 5.78 Å². The number of aliphatic hydroxyl groups excluding tert-OH is 2. The summed E-state index contributed by atoms with van der Waals surface area (Å²) in [5.41, 5.74) is 6.98. The van der Waals surface area contributed by atoms with Crippen molar-refractivity contribution in [1.82, 2.24) is 14.8 Å². The van der Waals surface area contributed by atoms with Crippen LogP contribution < -0.4 is 0 Å². The number of nitrogens with one attached hydrogen (secondary N) is 1. The third-order valence-corrected chi connectivity index (χ3v) is 6.87. The first-order valence-electron chi connectivity index (χ1n) is 11.4. The molecule has 1 aliphatic rings. The van der Waals surface area contributed by atoms with E-state index in [1.54, 1.807) is 23.0 Å². The van der Waals surface area contributed by atoms with Crippen LogP contribution >= 0.6 is 0 Å². The van der Waals surface area contributed by atoms with E-state index in [4.69, 9.17) is 5.11 Å². The molecular formula is C27H26N4O3. The van der Waals surface area contributed by atoms with Gasteiger partial charge in [0.25, 0.3) is 0 Å². The average molecular weight is 455 g/mol. The zero-order chi connectivity index (χ0) is 24.2. The summed E-state index contributed by atoms with van der Waals surface area (Å²) >= 11 is 0. The standard InChI is InChI=1S/C27H26N4O3/c1-4-16-8-21-22(9-20(16)17-11-29-31(12-17)13-18(33)14-32)27(2,3)26-24(25(21)34)19-6-5-15(10-28)7-23(19)30-26/h5-9,11-12,18,30,32-33H,4,13-14H2,1-3H3. The van der Waals surface area contributed by atoms with Gasteiger partial charge in [-0.25, -0.2) is 0 Å². The number of ketones is 1. The van der Waals surface area contributed by atoms with Gasteiger partial charge in [0, 0.05) is 39.3 Å². The minimum Gasteiger partial charge on any atom is -0.394 e. The molecule has 7 nitrogen and oxygen atoms in total. The van der Waals surface area contributed by atoms with Crippen molar-refractivity contribution in [3.8, 4) is 17.2 Å². The summed E-state index contributed by atoms with van der Waals surface area (Å²) < 4.78 is 1.62. The first-order valence-corrected chi connectivity index (χ1v) is 11.4. The van der Waals surface area contributed by atoms with E-state index < -0.39 is 11.5 Å². The van der Waals surface area contributed by atoms with Crippen LogP contribution in [0.3, 0.4) is 0 Å². The van der Waals surface area contributed by atoms with Crippen molar-refractivity contribution in [2.75, 3.05) is 6.61 Å². The Hall–Kier alpha value is -3.73. The molecule has 0 saturated heterocycles. The van der Waals surface area contributed by atoms with Crippen molar-refractivity contribution in [2.45, 2.75) is 45.3 Å². The van der Waals surface area contributed by atoms with Gasteiger partial charge in [-0.1, -0.05) is 26.8 Å². The summed E-state index contributed by atoms with van der Waals surface area (Å²) in [5.74, 6) is -0.0108. The Balaban J connectivity index is 1.67. The minimum atomic E-state index is -0.875. The summed E-state index contributed by atoms with van der Waals surface area (Å²) in [5, 5.41) is 33.4. The number of benzene rings is 2. The van der Waals surface area contributed by atoms with Gasteiger partial charge in [-0.15, -0.1) is 0 Å². The average Bonchev–Trinajstić information content (AvgIpc) is 3.46. The zero-order valence-electron chi connectivity index (χ0n) is 19.4. The Morgan fingerprint density at radius 2 is 2.03 bits per heavy atom. The van der Waals surface area contributed by atoms with Crippen molar-refractivity contribution in [3.63, 3.8) is 0 Å². The molecule has 4 aromatic rings. The molecule has 7 heteroatoms. The Morgan fingerprint density at radius 1 is 1.24 bits per heavy atom. The van der Waals surface area contributed by atoms with Crippen LogP contribution in [-0.4, -0.2) is 43.5 Å². The van der Waals surface area contributed by atoms with Crippen LogP contribution in [0, 0.1) is 11.3 Å². The number of hydrogen-bond acceptors (Lipinski definition) is 5. The Kier molecular flexibility index (Phi) is 5.16. The van der Waals surface area contributed by atoms with E-state index in [9.17, 15) is 15.2 Å². The summed E-state index contributed by atoms with van der Waals surface area (Å²) in [4.78, 5) is 17.2. The van der Waals surface area contributed by atoms with Crippen LogP contribution in [0.5, 0.6) is 0 Å². The van der Waals surface area contributed by atoms with Crippen LogP contribution in [0.4, 0.5) is 0 Å². The number of rotatable bonds is 5. The van der Waals surface area contributed by atoms with Crippen molar-refractivity contribution in [3.05, 3.63) is 76.2 Å². The van der Waals surface area contributed by atoms with Gasteiger partial charge < -0.3 is 15.2 Å². The molecular weight excluding hydrogens is 428 g/mol. The maximum atomic E-state index is 13.7. The number of H-pyrrole nitrogens is 1. The number of nitrogens with zero attached hydrogens (tertiary/aromatic N) is 3. The highest BCUT2D eigenvalue weighted by Crippen LogP contribution is 2.45. The lowest BCUT2D eigenvalue weighted by molar-refractivity contribution is 0.0783. The molecule has 2 aromatic heterocycles. The normalized spacial score (nSPS) is 15.1. The molecule has 172 valence electrons. The number of fused-ring (bicyclic) bond motifs is 4. The first-order chi connectivity index (χ1) is 16.3. The molecule has 1 unspecified atom stereocenters. The Morgan fingerprint density at radius 3 is 2.74 bits per heavy atom. The molecule has 2 heterocycles. The molecule has 0 amide bonds. The maximum absolute atomic E-state index is 13.7. The van der Waals surface area contributed by atoms with E-state index >= 15 is 0 Å². The summed E-state index contributed by atoms with van der Waals surface area (Å²) in [6.07, 6.45) is 3.48. The molecule has 1 aliphatic carbocycles. The number of carbonyl (C=O) groups excluding carboxylic acids is 1. The second-order valence-corrected chi connectivity index (χ2v) is 9.40. The predicted molar refractivity (Wildman–Crippen MR) is 129 cm³/mol. The lowest BCUT2D eigenvalue weighted by atomic mass is 9.70. The fraction of sp³-hybridized carbons (Fsp3) is 0.296. The number of aryl methyl sites for hydroxylation is 1. The van der Waals surface area contributed by atoms with Crippen molar-refractivity contribution < 1.29 is 15.0 Å². The van der Waals surface area contributed by atoms with Gasteiger partial charge >= 0.3 is 0 Å². The highest BCUT2D eigenvalue weighted by atomic mass is 16.3. The largest absolute Gasteiger partial charge is 0.394 e. The lowest BCUT2D eigenvalue weighted by Crippen LogP contribution is -2.30. The van der Waals surface area contributed by atoms with E-state index in [1.165, 1.54) is 0 Å². The van der Waals surface area contributed by atoms with Gasteiger partial charge in [0.1, 0.15) is 0 Å². The van der Waals surface area contributed by atoms with Crippen molar-refractivity contribution >= 4 is 16.7 Å². The molecule has 3 N–H and O–H groups in total. The van der Waals surface area contributed by atoms with E-state index in [-0.39, 0.29) is 18.9 Å². The number of nitriles is 1. The van der Waals surface area contributed by atoms with E-state index in [0.29, 0.717) is 16.7 Å². The SMILES string of the molecule is CCc1cc2c(cc1-c1cnn(CC(O)CO)c1)C(C)(C)c1[nH]c3cc(C#N)ccc3c1C2=O. The molecule has 0 spiro atoms. The summed E-state index contributed by atoms with van der Waals surface area (Å²) in [6, 6.07) is 11.6. The van der Waals surface area contributed by atoms with Crippen LogP contribution in [-0.2, 0) is 18.4 Å². The number of aromatic nitrogens is 3. The van der Waals surface area contributed by atoms with Gasteiger partial charge in [-0.05, 0) is 47.4 Å². The third kappa shape index (κ3) is 3.26. The number of carbonyl (C=O) groups is 1. The number of aromatic amines is 1. The topological polar surface area (TPSA) is 115 Å². The molecule has 0 radical (unpaired) electrons. The molecule has 0 aliphatic heterocycles. The van der Waals surface area contributed by atoms with E-state index in [1.807, 2.05) is 18.3 Å². The predicted octanol–water partition coefficient (Wildman–Crippen LogP) is 3.69. The van der Waals surface area contributed by atoms with Crippen LogP contribution in [0.25, 0.3) is 22.0 Å². The Bertz CT molecular complexity index is 1490. The first kappa shape index (κ1) is 22.1. The quantitative estimate of drug-likeness (QED) is 0.425. The molecule has 5 rings (SSSR count). The monoisotopic (exact) mass is 454 g/mol. The highest BCUT2D eigenvalue weighted by Gasteiger charge is 2.40. The molecule has 0 bridgehead atoms. The lowest BCUT2D eigenvalue weighted by Gasteiger charge is -2.33. The fourth-order valence-electron chi connectivity index (χ4n) is 5.03. The summed E-state index contributed by atoms with van der Waals surface area (Å²) in [6.45, 7) is 6.15. The minimum absolute atomic E-state index is 0.0108. The molecule has 0 saturated carbocycles. The number of hydrogen-bond donors (Lipinski definition) is 3. The fourth-order valence-corrected chi connectivity index (χ4v) is 5.03. The van der Waals surface area contributed by atoms with Gasteiger partial charge in [-0.3, -0.25) is 9.48 Å². The van der Waals surface area contributed by atoms with Gasteiger partial charge in [0.05, 0.1) is 42.6 Å². The van der Waals surface area contributed by atoms with Crippen LogP contribution in [0.15, 0.2) is 42.7 Å². The van der Waals surface area contributed by atoms with Crippen LogP contribution in [0.2, 0.25) is 0 Å². The third-order valence-electron chi connectivity index (χ3n) is 6.87. The molecule has 0 fully saturated rings. The molecule has 1 atom stereocenters. The number of aliphatic hydroxyl groups is 2. The molecule has 2 aromatic carbocycles. The summed E-state index contributed by atoms with van der Waals surface area (Å²) in [7, 11) is 0. The second-order valence-electron chi connectivity index (χ2n) is 9.40. The van der Waals surface area contributed by atoms with E-state index in [2.05, 4.69) is 43.0 Å².